The quantitative estimate of drug-likeness (QED) is 0.815. The summed E-state index contributed by atoms with van der Waals surface area (Å²) in [6, 6.07) is 4.55. The van der Waals surface area contributed by atoms with Crippen molar-refractivity contribution in [3.63, 3.8) is 0 Å². The van der Waals surface area contributed by atoms with E-state index in [0.717, 1.165) is 11.5 Å². The van der Waals surface area contributed by atoms with E-state index in [1.54, 1.807) is 12.1 Å². The molecule has 0 saturated carbocycles. The summed E-state index contributed by atoms with van der Waals surface area (Å²) in [6.45, 7) is 0. The second kappa shape index (κ2) is 4.12. The molecule has 2 rings (SSSR count). The summed E-state index contributed by atoms with van der Waals surface area (Å²) >= 11 is 6.62. The summed E-state index contributed by atoms with van der Waals surface area (Å²) in [5.74, 6) is 0.0639. The lowest BCUT2D eigenvalue weighted by Crippen LogP contribution is -1.87. The normalized spacial score (nSPS) is 10.3. The number of aromatic nitrogens is 2. The van der Waals surface area contributed by atoms with Gasteiger partial charge in [0.25, 0.3) is 0 Å². The van der Waals surface area contributed by atoms with E-state index in [9.17, 15) is 4.39 Å². The van der Waals surface area contributed by atoms with E-state index in [4.69, 9.17) is 16.3 Å². The first-order valence-electron chi connectivity index (χ1n) is 4.04. The van der Waals surface area contributed by atoms with Crippen molar-refractivity contribution in [1.29, 1.82) is 0 Å². The van der Waals surface area contributed by atoms with Crippen LogP contribution in [0.15, 0.2) is 18.2 Å². The van der Waals surface area contributed by atoms with Crippen LogP contribution in [0.5, 0.6) is 5.75 Å². The molecular weight excluding hydrogens is 239 g/mol. The largest absolute Gasteiger partial charge is 0.497 e. The van der Waals surface area contributed by atoms with Crippen LogP contribution in [0.25, 0.3) is 10.6 Å². The van der Waals surface area contributed by atoms with Crippen LogP contribution in [0.3, 0.4) is 0 Å². The molecule has 6 heteroatoms. The van der Waals surface area contributed by atoms with E-state index in [0.29, 0.717) is 16.3 Å². The van der Waals surface area contributed by atoms with Crippen molar-refractivity contribution in [2.75, 3.05) is 7.11 Å². The van der Waals surface area contributed by atoms with Crippen molar-refractivity contribution in [3.05, 3.63) is 29.3 Å². The highest BCUT2D eigenvalue weighted by Crippen LogP contribution is 2.28. The molecule has 0 aliphatic carbocycles. The SMILES string of the molecule is COc1ccc(-c2nc(Cl)ns2)c(F)c1. The molecule has 0 fully saturated rings. The van der Waals surface area contributed by atoms with Gasteiger partial charge in [-0.25, -0.2) is 9.37 Å². The summed E-state index contributed by atoms with van der Waals surface area (Å²) in [4.78, 5) is 3.89. The van der Waals surface area contributed by atoms with E-state index in [-0.39, 0.29) is 5.28 Å². The standard InChI is InChI=1S/C9H6ClFN2OS/c1-14-5-2-3-6(7(11)4-5)8-12-9(10)13-15-8/h2-4H,1H3. The van der Waals surface area contributed by atoms with Crippen LogP contribution in [0.1, 0.15) is 0 Å². The molecule has 0 spiro atoms. The van der Waals surface area contributed by atoms with Crippen LogP contribution in [0.2, 0.25) is 5.28 Å². The van der Waals surface area contributed by atoms with Gasteiger partial charge in [-0.1, -0.05) is 0 Å². The number of rotatable bonds is 2. The minimum Gasteiger partial charge on any atom is -0.497 e. The number of methoxy groups -OCH3 is 1. The van der Waals surface area contributed by atoms with Crippen LogP contribution < -0.4 is 4.74 Å². The Morgan fingerprint density at radius 1 is 1.47 bits per heavy atom. The van der Waals surface area contributed by atoms with E-state index in [1.807, 2.05) is 0 Å². The van der Waals surface area contributed by atoms with Crippen molar-refractivity contribution < 1.29 is 9.13 Å². The Balaban J connectivity index is 2.45. The second-order valence-electron chi connectivity index (χ2n) is 2.71. The predicted octanol–water partition coefficient (Wildman–Crippen LogP) is 3.01. The van der Waals surface area contributed by atoms with Gasteiger partial charge in [-0.2, -0.15) is 4.37 Å². The van der Waals surface area contributed by atoms with Crippen molar-refractivity contribution in [3.8, 4) is 16.3 Å². The molecule has 0 amide bonds. The molecule has 0 unspecified atom stereocenters. The molecular formula is C9H6ClFN2OS. The third kappa shape index (κ3) is 2.08. The molecule has 0 bridgehead atoms. The third-order valence-corrected chi connectivity index (χ3v) is 2.83. The van der Waals surface area contributed by atoms with Gasteiger partial charge in [0.15, 0.2) is 0 Å². The molecule has 0 aliphatic rings. The summed E-state index contributed by atoms with van der Waals surface area (Å²) in [6.07, 6.45) is 0. The Labute approximate surface area is 94.7 Å². The maximum absolute atomic E-state index is 13.5. The lowest BCUT2D eigenvalue weighted by atomic mass is 10.2. The molecule has 0 N–H and O–H groups in total. The van der Waals surface area contributed by atoms with Gasteiger partial charge in [0, 0.05) is 11.6 Å². The Morgan fingerprint density at radius 2 is 2.27 bits per heavy atom. The Hall–Kier alpha value is -1.20. The van der Waals surface area contributed by atoms with Crippen LogP contribution in [0, 0.1) is 5.82 Å². The van der Waals surface area contributed by atoms with Crippen molar-refractivity contribution in [2.24, 2.45) is 0 Å². The number of ether oxygens (including phenoxy) is 1. The van der Waals surface area contributed by atoms with Crippen LogP contribution in [-0.2, 0) is 0 Å². The fourth-order valence-corrected chi connectivity index (χ4v) is 1.94. The maximum atomic E-state index is 13.5. The highest BCUT2D eigenvalue weighted by molar-refractivity contribution is 7.09. The molecule has 15 heavy (non-hydrogen) atoms. The smallest absolute Gasteiger partial charge is 0.234 e. The molecule has 0 saturated heterocycles. The molecule has 3 nitrogen and oxygen atoms in total. The number of nitrogens with zero attached hydrogens (tertiary/aromatic N) is 2. The Bertz CT molecular complexity index is 489. The molecule has 0 radical (unpaired) electrons. The average molecular weight is 245 g/mol. The zero-order valence-electron chi connectivity index (χ0n) is 7.70. The van der Waals surface area contributed by atoms with Gasteiger partial charge < -0.3 is 4.74 Å². The van der Waals surface area contributed by atoms with Crippen LogP contribution in [-0.4, -0.2) is 16.5 Å². The van der Waals surface area contributed by atoms with Gasteiger partial charge in [-0.05, 0) is 35.3 Å². The third-order valence-electron chi connectivity index (χ3n) is 1.81. The van der Waals surface area contributed by atoms with Crippen molar-refractivity contribution >= 4 is 23.1 Å². The molecule has 1 aromatic carbocycles. The summed E-state index contributed by atoms with van der Waals surface area (Å²) in [5, 5.41) is 0.588. The van der Waals surface area contributed by atoms with Crippen LogP contribution in [0.4, 0.5) is 4.39 Å². The number of halogens is 2. The summed E-state index contributed by atoms with van der Waals surface area (Å²) in [5.41, 5.74) is 0.375. The van der Waals surface area contributed by atoms with Crippen molar-refractivity contribution in [2.45, 2.75) is 0 Å². The first-order chi connectivity index (χ1) is 7.20. The molecule has 1 aromatic heterocycles. The highest BCUT2D eigenvalue weighted by atomic mass is 35.5. The molecule has 78 valence electrons. The average Bonchev–Trinajstić information content (AvgIpc) is 2.64. The van der Waals surface area contributed by atoms with Gasteiger partial charge in [-0.15, -0.1) is 0 Å². The van der Waals surface area contributed by atoms with Gasteiger partial charge in [0.1, 0.15) is 16.6 Å². The second-order valence-corrected chi connectivity index (χ2v) is 3.80. The molecule has 1 heterocycles. The number of benzene rings is 1. The fourth-order valence-electron chi connectivity index (χ4n) is 1.11. The number of hydrogen-bond acceptors (Lipinski definition) is 4. The molecule has 0 aliphatic heterocycles. The monoisotopic (exact) mass is 244 g/mol. The van der Waals surface area contributed by atoms with Gasteiger partial charge in [0.2, 0.25) is 5.28 Å². The van der Waals surface area contributed by atoms with Gasteiger partial charge >= 0.3 is 0 Å². The summed E-state index contributed by atoms with van der Waals surface area (Å²) in [7, 11) is 1.48. The Morgan fingerprint density at radius 3 is 2.80 bits per heavy atom. The highest BCUT2D eigenvalue weighted by Gasteiger charge is 2.10. The minimum absolute atomic E-state index is 0.130. The fraction of sp³-hybridized carbons (Fsp3) is 0.111. The van der Waals surface area contributed by atoms with E-state index in [2.05, 4.69) is 9.36 Å². The first-order valence-corrected chi connectivity index (χ1v) is 5.19. The van der Waals surface area contributed by atoms with Crippen LogP contribution >= 0.6 is 23.1 Å². The predicted molar refractivity (Wildman–Crippen MR) is 56.9 cm³/mol. The maximum Gasteiger partial charge on any atom is 0.234 e. The molecule has 2 aromatic rings. The topological polar surface area (TPSA) is 35.0 Å². The van der Waals surface area contributed by atoms with E-state index in [1.165, 1.54) is 13.2 Å². The summed E-state index contributed by atoms with van der Waals surface area (Å²) < 4.78 is 22.2. The van der Waals surface area contributed by atoms with E-state index < -0.39 is 5.82 Å². The lowest BCUT2D eigenvalue weighted by molar-refractivity contribution is 0.411. The van der Waals surface area contributed by atoms with Gasteiger partial charge in [0.05, 0.1) is 7.11 Å². The number of hydrogen-bond donors (Lipinski definition) is 0. The van der Waals surface area contributed by atoms with Crippen molar-refractivity contribution in [1.82, 2.24) is 9.36 Å². The Kier molecular flexibility index (Phi) is 2.83. The minimum atomic E-state index is -0.401. The van der Waals surface area contributed by atoms with Gasteiger partial charge in [-0.3, -0.25) is 0 Å². The first kappa shape index (κ1) is 10.3. The molecule has 0 atom stereocenters. The van der Waals surface area contributed by atoms with E-state index >= 15 is 0 Å². The zero-order chi connectivity index (χ0) is 10.8. The lowest BCUT2D eigenvalue weighted by Gasteiger charge is -2.01. The zero-order valence-corrected chi connectivity index (χ0v) is 9.27.